The molecule has 0 radical (unpaired) electrons. The van der Waals surface area contributed by atoms with Crippen molar-refractivity contribution in [2.75, 3.05) is 13.2 Å². The first-order valence-corrected chi connectivity index (χ1v) is 33.3. The van der Waals surface area contributed by atoms with Crippen LogP contribution < -0.4 is 5.32 Å². The average Bonchev–Trinajstić information content (AvgIpc) is 3.40. The highest BCUT2D eigenvalue weighted by Crippen LogP contribution is 2.18. The van der Waals surface area contributed by atoms with E-state index >= 15 is 0 Å². The monoisotopic (exact) mass is 1040 g/mol. The van der Waals surface area contributed by atoms with Gasteiger partial charge in [-0.05, 0) is 64.2 Å². The smallest absolute Gasteiger partial charge is 0.305 e. The Bertz CT molecular complexity index is 1200. The molecule has 0 saturated carbocycles. The summed E-state index contributed by atoms with van der Waals surface area (Å²) >= 11 is 0. The van der Waals surface area contributed by atoms with E-state index in [1.165, 1.54) is 283 Å². The molecule has 1 amide bonds. The molecule has 3 N–H and O–H groups in total. The van der Waals surface area contributed by atoms with E-state index in [2.05, 4.69) is 43.5 Å². The van der Waals surface area contributed by atoms with Crippen LogP contribution in [0.3, 0.4) is 0 Å². The van der Waals surface area contributed by atoms with E-state index in [9.17, 15) is 19.8 Å². The lowest BCUT2D eigenvalue weighted by molar-refractivity contribution is -0.143. The molecule has 0 aromatic carbocycles. The molecule has 0 rings (SSSR count). The highest BCUT2D eigenvalue weighted by Gasteiger charge is 2.18. The molecular weight excluding hydrogens is 911 g/mol. The molecule has 0 bridgehead atoms. The molecule has 0 aliphatic heterocycles. The summed E-state index contributed by atoms with van der Waals surface area (Å²) in [5, 5.41) is 23.2. The van der Waals surface area contributed by atoms with Crippen molar-refractivity contribution in [2.24, 2.45) is 0 Å². The van der Waals surface area contributed by atoms with E-state index in [1.54, 1.807) is 6.08 Å². The Morgan fingerprint density at radius 2 is 0.676 bits per heavy atom. The van der Waals surface area contributed by atoms with Gasteiger partial charge in [0.2, 0.25) is 5.91 Å². The van der Waals surface area contributed by atoms with Crippen LogP contribution in [-0.4, -0.2) is 47.4 Å². The fourth-order valence-electron chi connectivity index (χ4n) is 10.3. The third kappa shape index (κ3) is 59.3. The van der Waals surface area contributed by atoms with Crippen LogP contribution in [0.4, 0.5) is 0 Å². The zero-order valence-electron chi connectivity index (χ0n) is 49.8. The molecule has 74 heavy (non-hydrogen) atoms. The number of aliphatic hydroxyl groups is 2. The Morgan fingerprint density at radius 3 is 1.04 bits per heavy atom. The van der Waals surface area contributed by atoms with Gasteiger partial charge in [-0.2, -0.15) is 0 Å². The number of ether oxygens (including phenoxy) is 1. The number of aliphatic hydroxyl groups excluding tert-OH is 2. The second kappa shape index (κ2) is 63.6. The van der Waals surface area contributed by atoms with E-state index in [1.807, 2.05) is 6.08 Å². The molecule has 0 aliphatic rings. The number of nitrogens with one attached hydrogen (secondary N) is 1. The minimum absolute atomic E-state index is 0.00444. The van der Waals surface area contributed by atoms with Gasteiger partial charge in [0.15, 0.2) is 0 Å². The van der Waals surface area contributed by atoms with Gasteiger partial charge in [-0.1, -0.05) is 320 Å². The van der Waals surface area contributed by atoms with Crippen molar-refractivity contribution in [1.82, 2.24) is 5.32 Å². The fourth-order valence-corrected chi connectivity index (χ4v) is 10.3. The molecule has 2 unspecified atom stereocenters. The minimum atomic E-state index is -0.846. The first-order chi connectivity index (χ1) is 36.5. The maximum atomic E-state index is 12.5. The largest absolute Gasteiger partial charge is 0.466 e. The number of rotatable bonds is 62. The predicted octanol–water partition coefficient (Wildman–Crippen LogP) is 21.1. The van der Waals surface area contributed by atoms with Crippen LogP contribution in [0, 0.1) is 0 Å². The van der Waals surface area contributed by atoms with Gasteiger partial charge in [0, 0.05) is 12.8 Å². The Morgan fingerprint density at radius 1 is 0.378 bits per heavy atom. The number of hydrogen-bond acceptors (Lipinski definition) is 5. The van der Waals surface area contributed by atoms with Crippen LogP contribution in [0.1, 0.15) is 361 Å². The first kappa shape index (κ1) is 72.1. The fraction of sp³-hybridized carbons (Fsp3) is 0.882. The summed E-state index contributed by atoms with van der Waals surface area (Å²) in [7, 11) is 0. The number of esters is 1. The van der Waals surface area contributed by atoms with Crippen LogP contribution in [0.15, 0.2) is 36.5 Å². The Hall–Kier alpha value is -1.92. The highest BCUT2D eigenvalue weighted by atomic mass is 16.5. The lowest BCUT2D eigenvalue weighted by Gasteiger charge is -2.20. The zero-order chi connectivity index (χ0) is 53.6. The molecule has 6 heteroatoms. The first-order valence-electron chi connectivity index (χ1n) is 33.3. The zero-order valence-corrected chi connectivity index (χ0v) is 49.8. The lowest BCUT2D eigenvalue weighted by atomic mass is 10.0. The van der Waals surface area contributed by atoms with Gasteiger partial charge in [-0.15, -0.1) is 0 Å². The van der Waals surface area contributed by atoms with E-state index < -0.39 is 12.1 Å². The molecule has 0 heterocycles. The third-order valence-corrected chi connectivity index (χ3v) is 15.4. The molecule has 0 spiro atoms. The van der Waals surface area contributed by atoms with Gasteiger partial charge < -0.3 is 20.3 Å². The van der Waals surface area contributed by atoms with Gasteiger partial charge in [-0.3, -0.25) is 9.59 Å². The maximum absolute atomic E-state index is 12.5. The van der Waals surface area contributed by atoms with Crippen molar-refractivity contribution in [3.05, 3.63) is 36.5 Å². The normalized spacial score (nSPS) is 12.8. The summed E-state index contributed by atoms with van der Waals surface area (Å²) in [6, 6.07) is -0.630. The van der Waals surface area contributed by atoms with Crippen LogP contribution in [0.25, 0.3) is 0 Å². The summed E-state index contributed by atoms with van der Waals surface area (Å²) in [5.74, 6) is -0.0621. The molecule has 2 atom stereocenters. The average molecular weight is 1040 g/mol. The summed E-state index contributed by atoms with van der Waals surface area (Å²) in [6.45, 7) is 4.91. The lowest BCUT2D eigenvalue weighted by Crippen LogP contribution is -2.45. The Kier molecular flexibility index (Phi) is 62.0. The molecule has 0 fully saturated rings. The van der Waals surface area contributed by atoms with Gasteiger partial charge in [0.1, 0.15) is 0 Å². The predicted molar refractivity (Wildman–Crippen MR) is 324 cm³/mol. The van der Waals surface area contributed by atoms with Crippen molar-refractivity contribution in [3.8, 4) is 0 Å². The SMILES string of the molecule is CCCCCC/C=C\C/C=C\CCCCCCCCCC(=O)OCCCCCCCCCCCCCCCCCCCCCCCC(=O)NC(CO)C(O)/C=C/CCCCCCCCCCCCCCCCCC. The summed E-state index contributed by atoms with van der Waals surface area (Å²) < 4.78 is 5.50. The van der Waals surface area contributed by atoms with E-state index in [0.29, 0.717) is 19.4 Å². The van der Waals surface area contributed by atoms with Crippen molar-refractivity contribution in [1.29, 1.82) is 0 Å². The van der Waals surface area contributed by atoms with Gasteiger partial charge in [0.25, 0.3) is 0 Å². The number of carbonyl (C=O) groups excluding carboxylic acids is 2. The second-order valence-electron chi connectivity index (χ2n) is 22.8. The Balaban J connectivity index is 3.41. The quantitative estimate of drug-likeness (QED) is 0.0320. The molecule has 0 aliphatic carbocycles. The van der Waals surface area contributed by atoms with E-state index in [-0.39, 0.29) is 18.5 Å². The van der Waals surface area contributed by atoms with E-state index in [0.717, 1.165) is 51.4 Å². The summed E-state index contributed by atoms with van der Waals surface area (Å²) in [5.41, 5.74) is 0. The number of hydrogen-bond donors (Lipinski definition) is 3. The summed E-state index contributed by atoms with van der Waals surface area (Å²) in [4.78, 5) is 24.6. The molecule has 0 aromatic rings. The molecular formula is C68H129NO5. The van der Waals surface area contributed by atoms with Gasteiger partial charge in [0.05, 0.1) is 25.4 Å². The number of unbranched alkanes of at least 4 members (excludes halogenated alkanes) is 47. The van der Waals surface area contributed by atoms with Crippen LogP contribution >= 0.6 is 0 Å². The van der Waals surface area contributed by atoms with Gasteiger partial charge in [-0.25, -0.2) is 0 Å². The Labute approximate surface area is 462 Å². The topological polar surface area (TPSA) is 95.9 Å². The minimum Gasteiger partial charge on any atom is -0.466 e. The second-order valence-corrected chi connectivity index (χ2v) is 22.8. The summed E-state index contributed by atoms with van der Waals surface area (Å²) in [6.07, 6.45) is 80.5. The van der Waals surface area contributed by atoms with Gasteiger partial charge >= 0.3 is 5.97 Å². The number of carbonyl (C=O) groups is 2. The molecule has 0 saturated heterocycles. The molecule has 436 valence electrons. The highest BCUT2D eigenvalue weighted by molar-refractivity contribution is 5.76. The van der Waals surface area contributed by atoms with Crippen molar-refractivity contribution in [3.63, 3.8) is 0 Å². The number of allylic oxidation sites excluding steroid dienone is 5. The van der Waals surface area contributed by atoms with Crippen molar-refractivity contribution in [2.45, 2.75) is 373 Å². The van der Waals surface area contributed by atoms with Crippen LogP contribution in [0.2, 0.25) is 0 Å². The van der Waals surface area contributed by atoms with E-state index in [4.69, 9.17) is 4.74 Å². The van der Waals surface area contributed by atoms with Crippen LogP contribution in [0.5, 0.6) is 0 Å². The standard InChI is InChI=1S/C68H129NO5/c1-3-5-7-9-11-13-15-17-19-21-28-32-36-40-44-48-52-56-60-66(71)65(64-70)69-67(72)61-57-53-49-45-41-37-33-29-26-24-23-25-27-31-35-39-43-47-51-55-59-63-74-68(73)62-58-54-50-46-42-38-34-30-22-20-18-16-14-12-10-8-6-4-2/h14,16,20,22,56,60,65-66,70-71H,3-13,15,17-19,21,23-55,57-59,61-64H2,1-2H3,(H,69,72)/b16-14-,22-20-,60-56+. The van der Waals surface area contributed by atoms with Crippen LogP contribution in [-0.2, 0) is 14.3 Å². The van der Waals surface area contributed by atoms with Crippen molar-refractivity contribution >= 4 is 11.9 Å². The maximum Gasteiger partial charge on any atom is 0.305 e. The van der Waals surface area contributed by atoms with Crippen molar-refractivity contribution < 1.29 is 24.5 Å². The molecule has 6 nitrogen and oxygen atoms in total. The molecule has 0 aromatic heterocycles. The third-order valence-electron chi connectivity index (χ3n) is 15.4. The number of amides is 1.